The summed E-state index contributed by atoms with van der Waals surface area (Å²) in [5.41, 5.74) is 4.34. The summed E-state index contributed by atoms with van der Waals surface area (Å²) in [5.74, 6) is 8.41. The Bertz CT molecular complexity index is 421. The van der Waals surface area contributed by atoms with Crippen LogP contribution in [0.1, 0.15) is 31.2 Å². The summed E-state index contributed by atoms with van der Waals surface area (Å²) < 4.78 is 0. The number of hydrazine groups is 1. The van der Waals surface area contributed by atoms with Gasteiger partial charge in [0.05, 0.1) is 0 Å². The Hall–Kier alpha value is -0.570. The fourth-order valence-corrected chi connectivity index (χ4v) is 4.25. The van der Waals surface area contributed by atoms with E-state index in [1.54, 1.807) is 0 Å². The molecular formula is C15H21ClN2. The maximum atomic E-state index is 6.04. The van der Waals surface area contributed by atoms with Gasteiger partial charge in [-0.25, -0.2) is 0 Å². The molecule has 3 heteroatoms. The van der Waals surface area contributed by atoms with E-state index in [0.29, 0.717) is 6.04 Å². The van der Waals surface area contributed by atoms with Crippen LogP contribution in [0.5, 0.6) is 0 Å². The minimum absolute atomic E-state index is 0.402. The van der Waals surface area contributed by atoms with Crippen LogP contribution in [-0.4, -0.2) is 6.04 Å². The molecule has 0 amide bonds. The first kappa shape index (κ1) is 12.5. The van der Waals surface area contributed by atoms with Gasteiger partial charge in [-0.3, -0.25) is 11.3 Å². The molecule has 98 valence electrons. The Labute approximate surface area is 114 Å². The van der Waals surface area contributed by atoms with Gasteiger partial charge >= 0.3 is 0 Å². The minimum Gasteiger partial charge on any atom is -0.271 e. The van der Waals surface area contributed by atoms with E-state index in [0.717, 1.165) is 29.2 Å². The molecule has 2 aliphatic rings. The highest BCUT2D eigenvalue weighted by atomic mass is 35.5. The summed E-state index contributed by atoms with van der Waals surface area (Å²) in [5, 5.41) is 0.816. The molecule has 2 fully saturated rings. The Morgan fingerprint density at radius 1 is 1.33 bits per heavy atom. The first-order valence-corrected chi connectivity index (χ1v) is 7.34. The molecule has 0 spiro atoms. The highest BCUT2D eigenvalue weighted by molar-refractivity contribution is 6.30. The second kappa shape index (κ2) is 5.20. The zero-order valence-corrected chi connectivity index (χ0v) is 11.4. The summed E-state index contributed by atoms with van der Waals surface area (Å²) in [6, 6.07) is 8.54. The number of halogens is 1. The average molecular weight is 265 g/mol. The quantitative estimate of drug-likeness (QED) is 0.648. The first-order valence-electron chi connectivity index (χ1n) is 6.97. The Balaban J connectivity index is 1.69. The third-order valence-corrected chi connectivity index (χ3v) is 5.10. The Morgan fingerprint density at radius 3 is 2.83 bits per heavy atom. The molecule has 1 aromatic carbocycles. The van der Waals surface area contributed by atoms with Crippen molar-refractivity contribution < 1.29 is 0 Å². The maximum Gasteiger partial charge on any atom is 0.0408 e. The number of hydrogen-bond acceptors (Lipinski definition) is 2. The van der Waals surface area contributed by atoms with Crippen LogP contribution in [0.15, 0.2) is 24.3 Å². The van der Waals surface area contributed by atoms with Crippen molar-refractivity contribution in [3.8, 4) is 0 Å². The number of nitrogens with one attached hydrogen (secondary N) is 1. The molecule has 2 saturated carbocycles. The van der Waals surface area contributed by atoms with Crippen LogP contribution in [0, 0.1) is 17.8 Å². The summed E-state index contributed by atoms with van der Waals surface area (Å²) >= 11 is 6.04. The molecule has 0 radical (unpaired) electrons. The van der Waals surface area contributed by atoms with Crippen LogP contribution in [0.2, 0.25) is 5.02 Å². The number of nitrogens with two attached hydrogens (primary N) is 1. The first-order chi connectivity index (χ1) is 8.76. The van der Waals surface area contributed by atoms with Gasteiger partial charge in [0, 0.05) is 11.1 Å². The Kier molecular flexibility index (Phi) is 3.60. The van der Waals surface area contributed by atoms with Crippen molar-refractivity contribution in [1.29, 1.82) is 0 Å². The monoisotopic (exact) mass is 264 g/mol. The second-order valence-electron chi connectivity index (χ2n) is 5.95. The normalized spacial score (nSPS) is 31.8. The summed E-state index contributed by atoms with van der Waals surface area (Å²) in [4.78, 5) is 0. The largest absolute Gasteiger partial charge is 0.271 e. The van der Waals surface area contributed by atoms with E-state index in [2.05, 4.69) is 17.6 Å². The SMILES string of the molecule is NNC(Cc1cccc(Cl)c1)C1CC2CCC1C2. The Morgan fingerprint density at radius 2 is 2.22 bits per heavy atom. The molecule has 2 bridgehead atoms. The van der Waals surface area contributed by atoms with Crippen LogP contribution >= 0.6 is 11.6 Å². The van der Waals surface area contributed by atoms with Crippen LogP contribution < -0.4 is 11.3 Å². The summed E-state index contributed by atoms with van der Waals surface area (Å²) in [6.07, 6.45) is 6.63. The van der Waals surface area contributed by atoms with Gasteiger partial charge in [-0.2, -0.15) is 0 Å². The van der Waals surface area contributed by atoms with Crippen molar-refractivity contribution in [2.24, 2.45) is 23.6 Å². The van der Waals surface area contributed by atoms with Gasteiger partial charge in [0.15, 0.2) is 0 Å². The highest BCUT2D eigenvalue weighted by Gasteiger charge is 2.42. The highest BCUT2D eigenvalue weighted by Crippen LogP contribution is 2.49. The van der Waals surface area contributed by atoms with Crippen LogP contribution in [-0.2, 0) is 6.42 Å². The van der Waals surface area contributed by atoms with Gasteiger partial charge in [-0.1, -0.05) is 30.2 Å². The summed E-state index contributed by atoms with van der Waals surface area (Å²) in [7, 11) is 0. The van der Waals surface area contributed by atoms with E-state index >= 15 is 0 Å². The lowest BCUT2D eigenvalue weighted by Crippen LogP contribution is -2.44. The van der Waals surface area contributed by atoms with Crippen LogP contribution in [0.3, 0.4) is 0 Å². The molecule has 3 rings (SSSR count). The molecule has 1 aromatic rings. The molecule has 0 heterocycles. The molecule has 0 aliphatic heterocycles. The molecule has 4 atom stereocenters. The van der Waals surface area contributed by atoms with Crippen molar-refractivity contribution in [2.45, 2.75) is 38.1 Å². The van der Waals surface area contributed by atoms with Crippen LogP contribution in [0.25, 0.3) is 0 Å². The lowest BCUT2D eigenvalue weighted by atomic mass is 9.81. The predicted molar refractivity (Wildman–Crippen MR) is 75.2 cm³/mol. The number of benzene rings is 1. The smallest absolute Gasteiger partial charge is 0.0408 e. The fourth-order valence-electron chi connectivity index (χ4n) is 4.04. The topological polar surface area (TPSA) is 38.0 Å². The summed E-state index contributed by atoms with van der Waals surface area (Å²) in [6.45, 7) is 0. The van der Waals surface area contributed by atoms with Gasteiger partial charge in [-0.05, 0) is 61.1 Å². The standard InChI is InChI=1S/C15H21ClN2/c16-13-3-1-2-10(7-13)9-15(18-17)14-8-11-4-5-12(14)6-11/h1-3,7,11-12,14-15,18H,4-6,8-9,17H2. The third kappa shape index (κ3) is 2.42. The average Bonchev–Trinajstić information content (AvgIpc) is 2.98. The second-order valence-corrected chi connectivity index (χ2v) is 6.38. The lowest BCUT2D eigenvalue weighted by molar-refractivity contribution is 0.248. The number of fused-ring (bicyclic) bond motifs is 2. The number of rotatable bonds is 4. The fraction of sp³-hybridized carbons (Fsp3) is 0.600. The third-order valence-electron chi connectivity index (χ3n) is 4.87. The van der Waals surface area contributed by atoms with Crippen molar-refractivity contribution in [3.63, 3.8) is 0 Å². The molecule has 2 nitrogen and oxygen atoms in total. The van der Waals surface area contributed by atoms with E-state index in [-0.39, 0.29) is 0 Å². The lowest BCUT2D eigenvalue weighted by Gasteiger charge is -2.30. The van der Waals surface area contributed by atoms with E-state index in [1.807, 2.05) is 12.1 Å². The molecule has 4 unspecified atom stereocenters. The molecular weight excluding hydrogens is 244 g/mol. The van der Waals surface area contributed by atoms with Gasteiger partial charge in [0.2, 0.25) is 0 Å². The van der Waals surface area contributed by atoms with E-state index in [1.165, 1.54) is 31.2 Å². The predicted octanol–water partition coefficient (Wildman–Crippen LogP) is 3.15. The maximum absolute atomic E-state index is 6.04. The van der Waals surface area contributed by atoms with Crippen molar-refractivity contribution >= 4 is 11.6 Å². The zero-order valence-electron chi connectivity index (χ0n) is 10.6. The van der Waals surface area contributed by atoms with Gasteiger partial charge < -0.3 is 0 Å². The van der Waals surface area contributed by atoms with E-state index in [9.17, 15) is 0 Å². The molecule has 18 heavy (non-hydrogen) atoms. The molecule has 0 saturated heterocycles. The zero-order chi connectivity index (χ0) is 12.5. The molecule has 3 N–H and O–H groups in total. The van der Waals surface area contributed by atoms with E-state index < -0.39 is 0 Å². The minimum atomic E-state index is 0.402. The molecule has 2 aliphatic carbocycles. The van der Waals surface area contributed by atoms with Crippen molar-refractivity contribution in [3.05, 3.63) is 34.9 Å². The van der Waals surface area contributed by atoms with E-state index in [4.69, 9.17) is 17.4 Å². The van der Waals surface area contributed by atoms with Gasteiger partial charge in [0.1, 0.15) is 0 Å². The van der Waals surface area contributed by atoms with Crippen molar-refractivity contribution in [2.75, 3.05) is 0 Å². The van der Waals surface area contributed by atoms with Gasteiger partial charge in [0.25, 0.3) is 0 Å². The van der Waals surface area contributed by atoms with Gasteiger partial charge in [-0.15, -0.1) is 0 Å². The number of hydrogen-bond donors (Lipinski definition) is 2. The van der Waals surface area contributed by atoms with Crippen LogP contribution in [0.4, 0.5) is 0 Å². The molecule has 0 aromatic heterocycles. The van der Waals surface area contributed by atoms with Crippen molar-refractivity contribution in [1.82, 2.24) is 5.43 Å².